The maximum atomic E-state index is 12.3. The lowest BCUT2D eigenvalue weighted by atomic mass is 10.3. The van der Waals surface area contributed by atoms with Gasteiger partial charge < -0.3 is 19.7 Å². The number of hydrogen-bond donors (Lipinski definition) is 1. The first-order valence-corrected chi connectivity index (χ1v) is 9.97. The van der Waals surface area contributed by atoms with Gasteiger partial charge in [0.25, 0.3) is 0 Å². The predicted octanol–water partition coefficient (Wildman–Crippen LogP) is 2.75. The molecule has 0 saturated carbocycles. The Hall–Kier alpha value is -2.32. The molecule has 0 unspecified atom stereocenters. The molecule has 0 aliphatic carbocycles. The average molecular weight is 388 g/mol. The highest BCUT2D eigenvalue weighted by Gasteiger charge is 2.15. The van der Waals surface area contributed by atoms with Crippen molar-refractivity contribution in [1.29, 1.82) is 0 Å². The topological polar surface area (TPSA) is 76.6 Å². The lowest BCUT2D eigenvalue weighted by Gasteiger charge is -2.28. The van der Waals surface area contributed by atoms with E-state index in [1.54, 1.807) is 0 Å². The zero-order valence-corrected chi connectivity index (χ0v) is 16.4. The van der Waals surface area contributed by atoms with E-state index in [0.29, 0.717) is 36.4 Å². The van der Waals surface area contributed by atoms with Crippen LogP contribution in [-0.4, -0.2) is 54.5 Å². The number of para-hydroxylation sites is 2. The summed E-state index contributed by atoms with van der Waals surface area (Å²) in [5.74, 6) is 1.66. The summed E-state index contributed by atoms with van der Waals surface area (Å²) in [6.45, 7) is 7.43. The second kappa shape index (κ2) is 9.57. The molecule has 0 atom stereocenters. The van der Waals surface area contributed by atoms with Gasteiger partial charge in [0.1, 0.15) is 11.6 Å². The lowest BCUT2D eigenvalue weighted by Crippen LogP contribution is -2.36. The summed E-state index contributed by atoms with van der Waals surface area (Å²) in [6.07, 6.45) is 0. The number of anilines is 2. The summed E-state index contributed by atoms with van der Waals surface area (Å²) in [6, 6.07) is 9.37. The maximum absolute atomic E-state index is 12.3. The molecular formula is C19H24N4O3S. The van der Waals surface area contributed by atoms with Crippen molar-refractivity contribution in [1.82, 2.24) is 9.97 Å². The lowest BCUT2D eigenvalue weighted by molar-refractivity contribution is -0.113. The summed E-state index contributed by atoms with van der Waals surface area (Å²) < 4.78 is 10.9. The second-order valence-electron chi connectivity index (χ2n) is 6.02. The maximum Gasteiger partial charge on any atom is 0.234 e. The Morgan fingerprint density at radius 3 is 2.85 bits per heavy atom. The number of aromatic nitrogens is 2. The van der Waals surface area contributed by atoms with Crippen LogP contribution in [0.5, 0.6) is 5.75 Å². The van der Waals surface area contributed by atoms with Gasteiger partial charge in [0, 0.05) is 24.8 Å². The van der Waals surface area contributed by atoms with Crippen LogP contribution < -0.4 is 15.0 Å². The third-order valence-electron chi connectivity index (χ3n) is 3.95. The number of thioether (sulfide) groups is 1. The van der Waals surface area contributed by atoms with Gasteiger partial charge in [0.05, 0.1) is 31.3 Å². The molecule has 2 aromatic rings. The Morgan fingerprint density at radius 2 is 2.07 bits per heavy atom. The average Bonchev–Trinajstić information content (AvgIpc) is 2.68. The number of morpholine rings is 1. The third kappa shape index (κ3) is 5.58. The molecule has 27 heavy (non-hydrogen) atoms. The van der Waals surface area contributed by atoms with Gasteiger partial charge in [-0.15, -0.1) is 0 Å². The van der Waals surface area contributed by atoms with Crippen LogP contribution in [0.3, 0.4) is 0 Å². The molecule has 1 fully saturated rings. The van der Waals surface area contributed by atoms with Gasteiger partial charge in [0.2, 0.25) is 5.91 Å². The van der Waals surface area contributed by atoms with Crippen molar-refractivity contribution in [2.75, 3.05) is 48.9 Å². The van der Waals surface area contributed by atoms with E-state index in [1.807, 2.05) is 44.2 Å². The van der Waals surface area contributed by atoms with Gasteiger partial charge in [-0.25, -0.2) is 9.97 Å². The van der Waals surface area contributed by atoms with Gasteiger partial charge >= 0.3 is 0 Å². The monoisotopic (exact) mass is 388 g/mol. The molecule has 144 valence electrons. The van der Waals surface area contributed by atoms with E-state index < -0.39 is 0 Å². The quantitative estimate of drug-likeness (QED) is 0.577. The fourth-order valence-corrected chi connectivity index (χ4v) is 3.41. The molecule has 0 radical (unpaired) electrons. The Kier molecular flexibility index (Phi) is 6.89. The minimum Gasteiger partial charge on any atom is -0.492 e. The molecule has 2 heterocycles. The highest BCUT2D eigenvalue weighted by atomic mass is 32.2. The van der Waals surface area contributed by atoms with Crippen LogP contribution in [0, 0.1) is 6.92 Å². The fourth-order valence-electron chi connectivity index (χ4n) is 2.71. The number of hydrogen-bond acceptors (Lipinski definition) is 7. The summed E-state index contributed by atoms with van der Waals surface area (Å²) in [5, 5.41) is 3.49. The van der Waals surface area contributed by atoms with E-state index in [9.17, 15) is 4.79 Å². The van der Waals surface area contributed by atoms with Crippen molar-refractivity contribution in [2.24, 2.45) is 0 Å². The first kappa shape index (κ1) is 19.4. The van der Waals surface area contributed by atoms with Gasteiger partial charge in [-0.05, 0) is 26.0 Å². The molecular weight excluding hydrogens is 364 g/mol. The molecule has 1 aliphatic heterocycles. The van der Waals surface area contributed by atoms with Crippen LogP contribution in [0.2, 0.25) is 0 Å². The van der Waals surface area contributed by atoms with Crippen LogP contribution in [0.15, 0.2) is 35.5 Å². The zero-order chi connectivity index (χ0) is 19.1. The van der Waals surface area contributed by atoms with Crippen LogP contribution >= 0.6 is 11.8 Å². The van der Waals surface area contributed by atoms with E-state index in [4.69, 9.17) is 9.47 Å². The molecule has 0 spiro atoms. The standard InChI is InChI=1S/C19H24N4O3S/c1-3-26-16-7-5-4-6-15(16)21-18(24)13-27-19-20-14(2)12-17(22-19)23-8-10-25-11-9-23/h4-7,12H,3,8-11,13H2,1-2H3,(H,21,24). The number of benzene rings is 1. The Balaban J connectivity index is 1.61. The van der Waals surface area contributed by atoms with Crippen LogP contribution in [-0.2, 0) is 9.53 Å². The van der Waals surface area contributed by atoms with Gasteiger partial charge in [-0.3, -0.25) is 4.79 Å². The van der Waals surface area contributed by atoms with Crippen molar-refractivity contribution in [2.45, 2.75) is 19.0 Å². The van der Waals surface area contributed by atoms with E-state index >= 15 is 0 Å². The summed E-state index contributed by atoms with van der Waals surface area (Å²) in [7, 11) is 0. The minimum absolute atomic E-state index is 0.120. The molecule has 1 aliphatic rings. The number of rotatable bonds is 7. The van der Waals surface area contributed by atoms with Crippen molar-refractivity contribution in [3.05, 3.63) is 36.0 Å². The summed E-state index contributed by atoms with van der Waals surface area (Å²) in [5.41, 5.74) is 1.56. The number of nitrogens with zero attached hydrogens (tertiary/aromatic N) is 3. The van der Waals surface area contributed by atoms with E-state index in [2.05, 4.69) is 20.2 Å². The summed E-state index contributed by atoms with van der Waals surface area (Å²) >= 11 is 1.33. The third-order valence-corrected chi connectivity index (χ3v) is 4.80. The van der Waals surface area contributed by atoms with E-state index in [-0.39, 0.29) is 11.7 Å². The number of carbonyl (C=O) groups excluding carboxylic acids is 1. The highest BCUT2D eigenvalue weighted by Crippen LogP contribution is 2.25. The van der Waals surface area contributed by atoms with Crippen LogP contribution in [0.4, 0.5) is 11.5 Å². The molecule has 1 saturated heterocycles. The minimum atomic E-state index is -0.120. The van der Waals surface area contributed by atoms with E-state index in [0.717, 1.165) is 24.6 Å². The highest BCUT2D eigenvalue weighted by molar-refractivity contribution is 7.99. The van der Waals surface area contributed by atoms with Crippen molar-refractivity contribution in [3.8, 4) is 5.75 Å². The SMILES string of the molecule is CCOc1ccccc1NC(=O)CSc1nc(C)cc(N2CCOCC2)n1. The number of nitrogens with one attached hydrogen (secondary N) is 1. The van der Waals surface area contributed by atoms with Crippen LogP contribution in [0.1, 0.15) is 12.6 Å². The molecule has 1 N–H and O–H groups in total. The number of carbonyl (C=O) groups is 1. The molecule has 0 bridgehead atoms. The largest absolute Gasteiger partial charge is 0.492 e. The van der Waals surface area contributed by atoms with Crippen molar-refractivity contribution < 1.29 is 14.3 Å². The summed E-state index contributed by atoms with van der Waals surface area (Å²) in [4.78, 5) is 23.6. The number of ether oxygens (including phenoxy) is 2. The number of amides is 1. The van der Waals surface area contributed by atoms with Gasteiger partial charge in [-0.2, -0.15) is 0 Å². The first-order valence-electron chi connectivity index (χ1n) is 8.98. The second-order valence-corrected chi connectivity index (χ2v) is 6.96. The van der Waals surface area contributed by atoms with Crippen LogP contribution in [0.25, 0.3) is 0 Å². The number of aryl methyl sites for hydroxylation is 1. The molecule has 7 nitrogen and oxygen atoms in total. The Bertz CT molecular complexity index is 781. The zero-order valence-electron chi connectivity index (χ0n) is 15.6. The smallest absolute Gasteiger partial charge is 0.234 e. The normalized spacial score (nSPS) is 14.1. The fraction of sp³-hybridized carbons (Fsp3) is 0.421. The Labute approximate surface area is 163 Å². The molecule has 1 amide bonds. The molecule has 1 aromatic heterocycles. The van der Waals surface area contributed by atoms with Gasteiger partial charge in [-0.1, -0.05) is 23.9 Å². The Morgan fingerprint density at radius 1 is 1.30 bits per heavy atom. The predicted molar refractivity (Wildman–Crippen MR) is 107 cm³/mol. The molecule has 3 rings (SSSR count). The van der Waals surface area contributed by atoms with Gasteiger partial charge in [0.15, 0.2) is 5.16 Å². The van der Waals surface area contributed by atoms with Crippen molar-refractivity contribution >= 4 is 29.2 Å². The molecule has 8 heteroatoms. The molecule has 1 aromatic carbocycles. The van der Waals surface area contributed by atoms with E-state index in [1.165, 1.54) is 11.8 Å². The first-order chi connectivity index (χ1) is 13.2. The van der Waals surface area contributed by atoms with Crippen molar-refractivity contribution in [3.63, 3.8) is 0 Å².